The zero-order chi connectivity index (χ0) is 19.2. The van der Waals surface area contributed by atoms with Gasteiger partial charge in [0.25, 0.3) is 0 Å². The second-order valence-corrected chi connectivity index (χ2v) is 7.59. The molecule has 3 heteroatoms. The van der Waals surface area contributed by atoms with Crippen LogP contribution >= 0.6 is 0 Å². The standard InChI is InChI=1S/C25H27FN2/c26-24-12-6-9-21(15-24)18-27-13-14-28-19-23-11-5-4-10-22(23)17-25(28)16-20-7-2-1-3-8-20/h1-12,15,25,27H,13-14,16-19H2. The van der Waals surface area contributed by atoms with Crippen LogP contribution in [-0.2, 0) is 25.9 Å². The Morgan fingerprint density at radius 3 is 2.43 bits per heavy atom. The summed E-state index contributed by atoms with van der Waals surface area (Å²) in [5, 5.41) is 3.48. The molecule has 0 aliphatic carbocycles. The maximum atomic E-state index is 13.3. The molecule has 1 aliphatic rings. The predicted molar refractivity (Wildman–Crippen MR) is 113 cm³/mol. The Bertz CT molecular complexity index is 894. The van der Waals surface area contributed by atoms with Crippen LogP contribution < -0.4 is 5.32 Å². The van der Waals surface area contributed by atoms with Crippen molar-refractivity contribution in [3.63, 3.8) is 0 Å². The Morgan fingerprint density at radius 2 is 1.61 bits per heavy atom. The van der Waals surface area contributed by atoms with Crippen molar-refractivity contribution in [3.05, 3.63) is 107 Å². The number of hydrogen-bond acceptors (Lipinski definition) is 2. The highest BCUT2D eigenvalue weighted by Crippen LogP contribution is 2.25. The highest BCUT2D eigenvalue weighted by Gasteiger charge is 2.25. The van der Waals surface area contributed by atoms with E-state index in [4.69, 9.17) is 0 Å². The molecule has 1 heterocycles. The van der Waals surface area contributed by atoms with Crippen LogP contribution in [0.25, 0.3) is 0 Å². The number of rotatable bonds is 7. The van der Waals surface area contributed by atoms with Gasteiger partial charge in [0.05, 0.1) is 0 Å². The minimum Gasteiger partial charge on any atom is -0.311 e. The third-order valence-electron chi connectivity index (χ3n) is 5.57. The van der Waals surface area contributed by atoms with E-state index in [0.29, 0.717) is 12.6 Å². The van der Waals surface area contributed by atoms with Gasteiger partial charge in [-0.15, -0.1) is 0 Å². The van der Waals surface area contributed by atoms with Crippen molar-refractivity contribution in [1.29, 1.82) is 0 Å². The number of benzene rings is 3. The van der Waals surface area contributed by atoms with Crippen LogP contribution in [0.1, 0.15) is 22.3 Å². The van der Waals surface area contributed by atoms with Crippen molar-refractivity contribution in [2.45, 2.75) is 32.0 Å². The third kappa shape index (κ3) is 4.86. The minimum atomic E-state index is -0.171. The van der Waals surface area contributed by atoms with Crippen molar-refractivity contribution in [1.82, 2.24) is 10.2 Å². The maximum Gasteiger partial charge on any atom is 0.123 e. The molecule has 3 aromatic carbocycles. The van der Waals surface area contributed by atoms with Crippen LogP contribution in [0.2, 0.25) is 0 Å². The summed E-state index contributed by atoms with van der Waals surface area (Å²) in [5.41, 5.74) is 5.30. The SMILES string of the molecule is Fc1cccc(CNCCN2Cc3ccccc3CC2Cc2ccccc2)c1. The molecule has 2 nitrogen and oxygen atoms in total. The van der Waals surface area contributed by atoms with Crippen molar-refractivity contribution < 1.29 is 4.39 Å². The minimum absolute atomic E-state index is 0.171. The van der Waals surface area contributed by atoms with Crippen molar-refractivity contribution >= 4 is 0 Å². The molecule has 0 saturated carbocycles. The average Bonchev–Trinajstić information content (AvgIpc) is 2.72. The molecule has 0 fully saturated rings. The Labute approximate surface area is 167 Å². The number of fused-ring (bicyclic) bond motifs is 1. The summed E-state index contributed by atoms with van der Waals surface area (Å²) in [7, 11) is 0. The van der Waals surface area contributed by atoms with E-state index in [1.807, 2.05) is 6.07 Å². The van der Waals surface area contributed by atoms with Gasteiger partial charge in [0.1, 0.15) is 5.82 Å². The number of nitrogens with one attached hydrogen (secondary N) is 1. The zero-order valence-electron chi connectivity index (χ0n) is 16.2. The molecule has 3 aromatic rings. The van der Waals surface area contributed by atoms with E-state index in [1.165, 1.54) is 22.8 Å². The first-order chi connectivity index (χ1) is 13.8. The largest absolute Gasteiger partial charge is 0.311 e. The predicted octanol–water partition coefficient (Wildman–Crippen LogP) is 4.58. The van der Waals surface area contributed by atoms with Crippen LogP contribution in [0.5, 0.6) is 0 Å². The lowest BCUT2D eigenvalue weighted by molar-refractivity contribution is 0.170. The zero-order valence-corrected chi connectivity index (χ0v) is 16.2. The van der Waals surface area contributed by atoms with Crippen molar-refractivity contribution in [2.24, 2.45) is 0 Å². The van der Waals surface area contributed by atoms with E-state index in [2.05, 4.69) is 64.8 Å². The highest BCUT2D eigenvalue weighted by molar-refractivity contribution is 5.31. The quantitative estimate of drug-likeness (QED) is 0.609. The van der Waals surface area contributed by atoms with Gasteiger partial charge < -0.3 is 5.32 Å². The smallest absolute Gasteiger partial charge is 0.123 e. The van der Waals surface area contributed by atoms with Gasteiger partial charge in [0, 0.05) is 32.2 Å². The molecular weight excluding hydrogens is 347 g/mol. The van der Waals surface area contributed by atoms with Crippen molar-refractivity contribution in [3.8, 4) is 0 Å². The monoisotopic (exact) mass is 374 g/mol. The lowest BCUT2D eigenvalue weighted by Crippen LogP contribution is -2.44. The summed E-state index contributed by atoms with van der Waals surface area (Å²) >= 11 is 0. The molecular formula is C25H27FN2. The van der Waals surface area contributed by atoms with E-state index >= 15 is 0 Å². The summed E-state index contributed by atoms with van der Waals surface area (Å²) in [6.45, 7) is 3.58. The molecule has 1 atom stereocenters. The van der Waals surface area contributed by atoms with Crippen LogP contribution in [0, 0.1) is 5.82 Å². The lowest BCUT2D eigenvalue weighted by Gasteiger charge is -2.37. The molecule has 0 saturated heterocycles. The number of nitrogens with zero attached hydrogens (tertiary/aromatic N) is 1. The topological polar surface area (TPSA) is 15.3 Å². The lowest BCUT2D eigenvalue weighted by atomic mass is 9.90. The summed E-state index contributed by atoms with van der Waals surface area (Å²) < 4.78 is 13.3. The van der Waals surface area contributed by atoms with E-state index in [9.17, 15) is 4.39 Å². The van der Waals surface area contributed by atoms with Gasteiger partial charge >= 0.3 is 0 Å². The Balaban J connectivity index is 1.39. The van der Waals surface area contributed by atoms with Gasteiger partial charge in [-0.1, -0.05) is 66.7 Å². The first kappa shape index (κ1) is 18.9. The molecule has 1 unspecified atom stereocenters. The van der Waals surface area contributed by atoms with E-state index in [0.717, 1.165) is 38.0 Å². The summed E-state index contributed by atoms with van der Waals surface area (Å²) in [6.07, 6.45) is 2.16. The normalized spacial score (nSPS) is 16.7. The average molecular weight is 375 g/mol. The molecule has 1 aliphatic heterocycles. The first-order valence-electron chi connectivity index (χ1n) is 10.1. The molecule has 0 aromatic heterocycles. The third-order valence-corrected chi connectivity index (χ3v) is 5.57. The van der Waals surface area contributed by atoms with E-state index < -0.39 is 0 Å². The molecule has 28 heavy (non-hydrogen) atoms. The van der Waals surface area contributed by atoms with E-state index in [-0.39, 0.29) is 5.82 Å². The molecule has 0 bridgehead atoms. The Hall–Kier alpha value is -2.49. The van der Waals surface area contributed by atoms with Crippen LogP contribution in [0.15, 0.2) is 78.9 Å². The Morgan fingerprint density at radius 1 is 0.857 bits per heavy atom. The van der Waals surface area contributed by atoms with Gasteiger partial charge in [0.15, 0.2) is 0 Å². The fourth-order valence-electron chi connectivity index (χ4n) is 4.09. The van der Waals surface area contributed by atoms with Gasteiger partial charge in [-0.05, 0) is 47.2 Å². The van der Waals surface area contributed by atoms with Gasteiger partial charge in [-0.25, -0.2) is 4.39 Å². The summed E-state index contributed by atoms with van der Waals surface area (Å²) in [5.74, 6) is -0.171. The second kappa shape index (κ2) is 9.13. The maximum absolute atomic E-state index is 13.3. The van der Waals surface area contributed by atoms with Gasteiger partial charge in [-0.2, -0.15) is 0 Å². The van der Waals surface area contributed by atoms with Gasteiger partial charge in [-0.3, -0.25) is 4.90 Å². The number of halogens is 1. The van der Waals surface area contributed by atoms with Gasteiger partial charge in [0.2, 0.25) is 0 Å². The number of hydrogen-bond donors (Lipinski definition) is 1. The first-order valence-corrected chi connectivity index (χ1v) is 10.1. The highest BCUT2D eigenvalue weighted by atomic mass is 19.1. The van der Waals surface area contributed by atoms with Crippen LogP contribution in [-0.4, -0.2) is 24.0 Å². The summed E-state index contributed by atoms with van der Waals surface area (Å²) in [4.78, 5) is 2.59. The molecule has 0 spiro atoms. The van der Waals surface area contributed by atoms with Crippen LogP contribution in [0.3, 0.4) is 0 Å². The summed E-state index contributed by atoms with van der Waals surface area (Å²) in [6, 6.07) is 26.9. The van der Waals surface area contributed by atoms with E-state index in [1.54, 1.807) is 12.1 Å². The molecule has 0 radical (unpaired) electrons. The molecule has 0 amide bonds. The fraction of sp³-hybridized carbons (Fsp3) is 0.280. The second-order valence-electron chi connectivity index (χ2n) is 7.59. The molecule has 4 rings (SSSR count). The van der Waals surface area contributed by atoms with Crippen LogP contribution in [0.4, 0.5) is 4.39 Å². The molecule has 144 valence electrons. The Kier molecular flexibility index (Phi) is 6.15. The van der Waals surface area contributed by atoms with Crippen molar-refractivity contribution in [2.75, 3.05) is 13.1 Å². The molecule has 1 N–H and O–H groups in total. The fourth-order valence-corrected chi connectivity index (χ4v) is 4.09.